The van der Waals surface area contributed by atoms with Crippen LogP contribution in [0.1, 0.15) is 28.8 Å². The van der Waals surface area contributed by atoms with Gasteiger partial charge in [-0.2, -0.15) is 0 Å². The third kappa shape index (κ3) is 4.08. The van der Waals surface area contributed by atoms with Crippen LogP contribution in [-0.4, -0.2) is 29.4 Å². The van der Waals surface area contributed by atoms with Crippen LogP contribution in [0.4, 0.5) is 4.79 Å². The molecule has 22 heavy (non-hydrogen) atoms. The van der Waals surface area contributed by atoms with Gasteiger partial charge in [-0.25, -0.2) is 4.79 Å². The number of amides is 2. The van der Waals surface area contributed by atoms with Gasteiger partial charge < -0.3 is 20.3 Å². The first-order valence-corrected chi connectivity index (χ1v) is 7.98. The monoisotopic (exact) mass is 323 g/mol. The van der Waals surface area contributed by atoms with E-state index in [1.165, 1.54) is 11.3 Å². The Morgan fingerprint density at radius 3 is 2.82 bits per heavy atom. The lowest BCUT2D eigenvalue weighted by Crippen LogP contribution is -2.43. The number of urea groups is 1. The highest BCUT2D eigenvalue weighted by Gasteiger charge is 2.24. The average Bonchev–Trinajstić information content (AvgIpc) is 3.10. The summed E-state index contributed by atoms with van der Waals surface area (Å²) in [6.07, 6.45) is 0.663. The number of thiophene rings is 1. The molecular weight excluding hydrogens is 302 g/mol. The van der Waals surface area contributed by atoms with Crippen LogP contribution in [0.5, 0.6) is 0 Å². The number of nitrogens with zero attached hydrogens (tertiary/aromatic N) is 1. The van der Waals surface area contributed by atoms with Crippen molar-refractivity contribution in [2.45, 2.75) is 32.8 Å². The van der Waals surface area contributed by atoms with Gasteiger partial charge in [-0.15, -0.1) is 11.3 Å². The molecule has 0 saturated heterocycles. The Labute approximate surface area is 133 Å². The highest BCUT2D eigenvalue weighted by Crippen LogP contribution is 2.24. The van der Waals surface area contributed by atoms with Crippen LogP contribution in [-0.2, 0) is 12.0 Å². The van der Waals surface area contributed by atoms with Crippen molar-refractivity contribution in [3.8, 4) is 0 Å². The quantitative estimate of drug-likeness (QED) is 0.760. The summed E-state index contributed by atoms with van der Waals surface area (Å²) in [5, 5.41) is 21.5. The third-order valence-electron chi connectivity index (χ3n) is 3.49. The van der Waals surface area contributed by atoms with Crippen molar-refractivity contribution in [1.29, 1.82) is 0 Å². The van der Waals surface area contributed by atoms with E-state index in [1.807, 2.05) is 31.4 Å². The van der Waals surface area contributed by atoms with Crippen LogP contribution in [0, 0.1) is 13.8 Å². The smallest absolute Gasteiger partial charge is 0.314 e. The maximum Gasteiger partial charge on any atom is 0.314 e. The van der Waals surface area contributed by atoms with E-state index in [-0.39, 0.29) is 12.6 Å². The predicted octanol–water partition coefficient (Wildman–Crippen LogP) is 2.10. The third-order valence-corrected chi connectivity index (χ3v) is 4.61. The summed E-state index contributed by atoms with van der Waals surface area (Å²) in [7, 11) is 0. The fourth-order valence-corrected chi connectivity index (χ4v) is 2.93. The van der Waals surface area contributed by atoms with Gasteiger partial charge in [-0.1, -0.05) is 11.2 Å². The zero-order valence-corrected chi connectivity index (χ0v) is 13.8. The van der Waals surface area contributed by atoms with Gasteiger partial charge in [-0.3, -0.25) is 0 Å². The minimum Gasteiger partial charge on any atom is -0.383 e. The molecule has 3 N–H and O–H groups in total. The van der Waals surface area contributed by atoms with Gasteiger partial charge in [-0.05, 0) is 38.6 Å². The lowest BCUT2D eigenvalue weighted by atomic mass is 10.1. The second kappa shape index (κ2) is 6.93. The molecule has 0 saturated carbocycles. The number of nitrogens with one attached hydrogen (secondary N) is 2. The Kier molecular flexibility index (Phi) is 5.20. The molecule has 0 aliphatic rings. The highest BCUT2D eigenvalue weighted by atomic mass is 32.1. The summed E-state index contributed by atoms with van der Waals surface area (Å²) in [6, 6.07) is 3.42. The van der Waals surface area contributed by atoms with E-state index in [1.54, 1.807) is 6.92 Å². The maximum atomic E-state index is 11.8. The summed E-state index contributed by atoms with van der Waals surface area (Å²) < 4.78 is 5.08. The van der Waals surface area contributed by atoms with Crippen molar-refractivity contribution in [3.63, 3.8) is 0 Å². The van der Waals surface area contributed by atoms with Gasteiger partial charge >= 0.3 is 6.03 Å². The van der Waals surface area contributed by atoms with Crippen molar-refractivity contribution in [2.75, 3.05) is 13.1 Å². The van der Waals surface area contributed by atoms with Gasteiger partial charge in [0.05, 0.1) is 12.2 Å². The molecule has 0 fully saturated rings. The van der Waals surface area contributed by atoms with Crippen molar-refractivity contribution in [1.82, 2.24) is 15.8 Å². The van der Waals surface area contributed by atoms with E-state index < -0.39 is 5.60 Å². The van der Waals surface area contributed by atoms with Crippen LogP contribution in [0.2, 0.25) is 0 Å². The Balaban J connectivity index is 1.75. The molecule has 120 valence electrons. The molecule has 0 radical (unpaired) electrons. The van der Waals surface area contributed by atoms with Gasteiger partial charge in [0.1, 0.15) is 11.4 Å². The van der Waals surface area contributed by atoms with E-state index in [0.29, 0.717) is 13.0 Å². The van der Waals surface area contributed by atoms with Gasteiger partial charge in [0.15, 0.2) is 0 Å². The van der Waals surface area contributed by atoms with E-state index >= 15 is 0 Å². The summed E-state index contributed by atoms with van der Waals surface area (Å²) >= 11 is 1.46. The largest absolute Gasteiger partial charge is 0.383 e. The first-order valence-electron chi connectivity index (χ1n) is 7.10. The molecule has 0 aromatic carbocycles. The first-order chi connectivity index (χ1) is 10.4. The number of aryl methyl sites for hydroxylation is 2. The molecule has 2 heterocycles. The molecule has 2 rings (SSSR count). The molecule has 6 nitrogen and oxygen atoms in total. The lowest BCUT2D eigenvalue weighted by molar-refractivity contribution is 0.0631. The Morgan fingerprint density at radius 2 is 2.23 bits per heavy atom. The van der Waals surface area contributed by atoms with Crippen LogP contribution in [0.25, 0.3) is 0 Å². The van der Waals surface area contributed by atoms with Crippen molar-refractivity contribution < 1.29 is 14.4 Å². The second-order valence-electron chi connectivity index (χ2n) is 5.41. The number of carbonyl (C=O) groups excluding carboxylic acids is 1. The number of aromatic nitrogens is 1. The van der Waals surface area contributed by atoms with Crippen LogP contribution >= 0.6 is 11.3 Å². The topological polar surface area (TPSA) is 87.4 Å². The van der Waals surface area contributed by atoms with Gasteiger partial charge in [0.25, 0.3) is 0 Å². The zero-order chi connectivity index (χ0) is 16.2. The van der Waals surface area contributed by atoms with Crippen molar-refractivity contribution in [3.05, 3.63) is 39.4 Å². The number of hydrogen-bond acceptors (Lipinski definition) is 5. The minimum absolute atomic E-state index is 0.157. The molecule has 0 spiro atoms. The summed E-state index contributed by atoms with van der Waals surface area (Å²) in [4.78, 5) is 12.6. The van der Waals surface area contributed by atoms with E-state index in [0.717, 1.165) is 21.9 Å². The first kappa shape index (κ1) is 16.5. The highest BCUT2D eigenvalue weighted by molar-refractivity contribution is 7.10. The average molecular weight is 323 g/mol. The Hall–Kier alpha value is -1.86. The molecule has 7 heteroatoms. The van der Waals surface area contributed by atoms with Crippen LogP contribution in [0.15, 0.2) is 22.0 Å². The molecule has 0 aliphatic heterocycles. The summed E-state index contributed by atoms with van der Waals surface area (Å²) in [5.74, 6) is 0.778. The van der Waals surface area contributed by atoms with E-state index in [9.17, 15) is 9.90 Å². The molecule has 1 atom stereocenters. The number of hydrogen-bond donors (Lipinski definition) is 3. The molecular formula is C15H21N3O3S. The Bertz CT molecular complexity index is 601. The minimum atomic E-state index is -1.06. The number of carbonyl (C=O) groups is 1. The predicted molar refractivity (Wildman–Crippen MR) is 85.0 cm³/mol. The normalized spacial score (nSPS) is 13.6. The van der Waals surface area contributed by atoms with Crippen LogP contribution < -0.4 is 10.6 Å². The molecule has 2 aromatic rings. The Morgan fingerprint density at radius 1 is 1.45 bits per heavy atom. The van der Waals surface area contributed by atoms with E-state index in [4.69, 9.17) is 4.52 Å². The standard InChI is InChI=1S/C15H21N3O3S/c1-10-12(11(2)21-18-10)6-7-16-14(19)17-9-15(3,20)13-5-4-8-22-13/h4-5,8,20H,6-7,9H2,1-3H3,(H2,16,17,19)/t15-/m1/s1. The fourth-order valence-electron chi connectivity index (χ4n) is 2.15. The SMILES string of the molecule is Cc1noc(C)c1CCNC(=O)NC[C@@](C)(O)c1cccs1. The van der Waals surface area contributed by atoms with Gasteiger partial charge in [0, 0.05) is 17.0 Å². The number of aliphatic hydroxyl groups is 1. The van der Waals surface area contributed by atoms with Crippen molar-refractivity contribution in [2.24, 2.45) is 0 Å². The lowest BCUT2D eigenvalue weighted by Gasteiger charge is -2.22. The number of rotatable bonds is 6. The van der Waals surface area contributed by atoms with Crippen LogP contribution in [0.3, 0.4) is 0 Å². The fraction of sp³-hybridized carbons (Fsp3) is 0.467. The summed E-state index contributed by atoms with van der Waals surface area (Å²) in [5.41, 5.74) is 0.805. The maximum absolute atomic E-state index is 11.8. The molecule has 0 bridgehead atoms. The molecule has 2 amide bonds. The molecule has 0 unspecified atom stereocenters. The zero-order valence-electron chi connectivity index (χ0n) is 13.0. The summed E-state index contributed by atoms with van der Waals surface area (Å²) in [6.45, 7) is 6.06. The van der Waals surface area contributed by atoms with E-state index in [2.05, 4.69) is 15.8 Å². The second-order valence-corrected chi connectivity index (χ2v) is 6.36. The van der Waals surface area contributed by atoms with Gasteiger partial charge in [0.2, 0.25) is 0 Å². The van der Waals surface area contributed by atoms with Crippen molar-refractivity contribution >= 4 is 17.4 Å². The molecule has 2 aromatic heterocycles. The molecule has 0 aliphatic carbocycles.